The normalized spacial score (nSPS) is 20.7. The highest BCUT2D eigenvalue weighted by atomic mass is 16.4. The third-order valence-corrected chi connectivity index (χ3v) is 4.86. The van der Waals surface area contributed by atoms with Crippen LogP contribution in [0.25, 0.3) is 5.69 Å². The number of nitrogens with zero attached hydrogens (tertiary/aromatic N) is 2. The number of carboxylic acids is 1. The van der Waals surface area contributed by atoms with Crippen molar-refractivity contribution in [3.8, 4) is 5.69 Å². The Labute approximate surface area is 146 Å². The fraction of sp³-hybridized carbons (Fsp3) is 0.421. The molecule has 1 aliphatic carbocycles. The van der Waals surface area contributed by atoms with E-state index in [1.54, 1.807) is 16.9 Å². The van der Waals surface area contributed by atoms with Gasteiger partial charge in [0.1, 0.15) is 0 Å². The molecule has 25 heavy (non-hydrogen) atoms. The predicted octanol–water partition coefficient (Wildman–Crippen LogP) is 2.94. The largest absolute Gasteiger partial charge is 0.481 e. The van der Waals surface area contributed by atoms with E-state index in [1.165, 1.54) is 0 Å². The van der Waals surface area contributed by atoms with Gasteiger partial charge in [-0.05, 0) is 49.6 Å². The Bertz CT molecular complexity index is 755. The fourth-order valence-corrected chi connectivity index (χ4v) is 3.49. The van der Waals surface area contributed by atoms with E-state index in [1.807, 2.05) is 31.3 Å². The van der Waals surface area contributed by atoms with Gasteiger partial charge in [0.05, 0.1) is 11.6 Å². The number of aliphatic carboxylic acids is 1. The Morgan fingerprint density at radius 1 is 1.24 bits per heavy atom. The van der Waals surface area contributed by atoms with Crippen molar-refractivity contribution in [3.05, 3.63) is 47.8 Å². The molecule has 6 heteroatoms. The molecule has 0 bridgehead atoms. The van der Waals surface area contributed by atoms with Gasteiger partial charge >= 0.3 is 5.97 Å². The summed E-state index contributed by atoms with van der Waals surface area (Å²) in [5.74, 6) is -1.54. The highest BCUT2D eigenvalue weighted by Crippen LogP contribution is 2.24. The molecule has 0 unspecified atom stereocenters. The Kier molecular flexibility index (Phi) is 5.16. The van der Waals surface area contributed by atoms with Crippen LogP contribution in [0, 0.1) is 12.8 Å². The minimum Gasteiger partial charge on any atom is -0.481 e. The highest BCUT2D eigenvalue weighted by Gasteiger charge is 2.30. The fourth-order valence-electron chi connectivity index (χ4n) is 3.49. The van der Waals surface area contributed by atoms with E-state index >= 15 is 0 Å². The first-order chi connectivity index (χ1) is 12.1. The summed E-state index contributed by atoms with van der Waals surface area (Å²) < 4.78 is 1.75. The number of aromatic nitrogens is 2. The van der Waals surface area contributed by atoms with Crippen LogP contribution in [0.15, 0.2) is 36.7 Å². The van der Waals surface area contributed by atoms with E-state index in [4.69, 9.17) is 0 Å². The second kappa shape index (κ2) is 7.51. The topological polar surface area (TPSA) is 84.2 Å². The number of aryl methyl sites for hydroxylation is 1. The summed E-state index contributed by atoms with van der Waals surface area (Å²) in [7, 11) is 0. The molecular weight excluding hydrogens is 318 g/mol. The van der Waals surface area contributed by atoms with Crippen LogP contribution in [0.2, 0.25) is 0 Å². The summed E-state index contributed by atoms with van der Waals surface area (Å²) >= 11 is 0. The Hall–Kier alpha value is -2.63. The molecule has 0 spiro atoms. The molecule has 1 aromatic carbocycles. The smallest absolute Gasteiger partial charge is 0.308 e. The Morgan fingerprint density at radius 3 is 2.72 bits per heavy atom. The van der Waals surface area contributed by atoms with Crippen molar-refractivity contribution in [2.75, 3.05) is 0 Å². The third-order valence-electron chi connectivity index (χ3n) is 4.86. The zero-order valence-corrected chi connectivity index (χ0v) is 14.3. The zero-order chi connectivity index (χ0) is 17.8. The van der Waals surface area contributed by atoms with E-state index < -0.39 is 11.9 Å². The van der Waals surface area contributed by atoms with Gasteiger partial charge in [0.15, 0.2) is 0 Å². The molecule has 1 heterocycles. The van der Waals surface area contributed by atoms with Crippen LogP contribution >= 0.6 is 0 Å². The van der Waals surface area contributed by atoms with Gasteiger partial charge < -0.3 is 10.4 Å². The van der Waals surface area contributed by atoms with Crippen LogP contribution in [-0.2, 0) is 4.79 Å². The molecule has 6 nitrogen and oxygen atoms in total. The first kappa shape index (κ1) is 17.2. The second-order valence-electron chi connectivity index (χ2n) is 6.61. The van der Waals surface area contributed by atoms with Gasteiger partial charge in [-0.2, -0.15) is 5.10 Å². The van der Waals surface area contributed by atoms with E-state index in [-0.39, 0.29) is 11.9 Å². The van der Waals surface area contributed by atoms with Crippen molar-refractivity contribution in [2.45, 2.75) is 45.1 Å². The van der Waals surface area contributed by atoms with Gasteiger partial charge in [0.25, 0.3) is 5.91 Å². The number of carbonyl (C=O) groups excluding carboxylic acids is 1. The van der Waals surface area contributed by atoms with Crippen LogP contribution in [0.1, 0.15) is 48.0 Å². The average molecular weight is 341 g/mol. The maximum Gasteiger partial charge on any atom is 0.308 e. The van der Waals surface area contributed by atoms with E-state index in [9.17, 15) is 14.7 Å². The van der Waals surface area contributed by atoms with Crippen molar-refractivity contribution in [1.82, 2.24) is 15.1 Å². The molecule has 3 rings (SSSR count). The molecule has 1 aromatic heterocycles. The first-order valence-corrected chi connectivity index (χ1v) is 8.70. The lowest BCUT2D eigenvalue weighted by atomic mass is 9.94. The predicted molar refractivity (Wildman–Crippen MR) is 93.8 cm³/mol. The van der Waals surface area contributed by atoms with Gasteiger partial charge in [0, 0.05) is 24.0 Å². The number of carbonyl (C=O) groups is 2. The van der Waals surface area contributed by atoms with Crippen molar-refractivity contribution in [3.63, 3.8) is 0 Å². The first-order valence-electron chi connectivity index (χ1n) is 8.70. The molecular formula is C19H23N3O3. The lowest BCUT2D eigenvalue weighted by molar-refractivity contribution is -0.142. The minimum atomic E-state index is -0.822. The van der Waals surface area contributed by atoms with E-state index in [2.05, 4.69) is 10.4 Å². The van der Waals surface area contributed by atoms with E-state index in [0.717, 1.165) is 30.5 Å². The van der Waals surface area contributed by atoms with Crippen molar-refractivity contribution >= 4 is 11.9 Å². The van der Waals surface area contributed by atoms with Crippen molar-refractivity contribution < 1.29 is 14.7 Å². The Balaban J connectivity index is 1.76. The quantitative estimate of drug-likeness (QED) is 0.838. The second-order valence-corrected chi connectivity index (χ2v) is 6.61. The molecule has 2 aromatic rings. The van der Waals surface area contributed by atoms with Crippen LogP contribution in [-0.4, -0.2) is 32.8 Å². The van der Waals surface area contributed by atoms with Crippen LogP contribution in [0.4, 0.5) is 0 Å². The summed E-state index contributed by atoms with van der Waals surface area (Å²) in [6, 6.07) is 6.97. The monoisotopic (exact) mass is 341 g/mol. The van der Waals surface area contributed by atoms with Crippen LogP contribution < -0.4 is 5.32 Å². The number of hydrogen-bond acceptors (Lipinski definition) is 3. The Morgan fingerprint density at radius 2 is 2.04 bits per heavy atom. The standard InChI is InChI=1S/C19H23N3O3/c1-13-12-14(8-9-17(13)22-11-5-10-20-22)18(23)21-16-7-4-2-3-6-15(16)19(24)25/h5,8-12,15-16H,2-4,6-7H2,1H3,(H,21,23)(H,24,25)/t15-,16+/m1/s1. The van der Waals surface area contributed by atoms with Gasteiger partial charge in [-0.1, -0.05) is 19.3 Å². The third kappa shape index (κ3) is 3.90. The maximum absolute atomic E-state index is 12.6. The minimum absolute atomic E-state index is 0.215. The number of hydrogen-bond donors (Lipinski definition) is 2. The maximum atomic E-state index is 12.6. The molecule has 0 aliphatic heterocycles. The number of nitrogens with one attached hydrogen (secondary N) is 1. The summed E-state index contributed by atoms with van der Waals surface area (Å²) in [6.07, 6.45) is 7.77. The van der Waals surface area contributed by atoms with Crippen molar-refractivity contribution in [1.29, 1.82) is 0 Å². The lowest BCUT2D eigenvalue weighted by Gasteiger charge is -2.23. The lowest BCUT2D eigenvalue weighted by Crippen LogP contribution is -2.42. The SMILES string of the molecule is Cc1cc(C(=O)N[C@H]2CCCCC[C@H]2C(=O)O)ccc1-n1cccn1. The highest BCUT2D eigenvalue weighted by molar-refractivity contribution is 5.95. The number of carboxylic acid groups (broad SMARTS) is 1. The van der Waals surface area contributed by atoms with E-state index in [0.29, 0.717) is 18.4 Å². The van der Waals surface area contributed by atoms with Gasteiger partial charge in [-0.25, -0.2) is 4.68 Å². The van der Waals surface area contributed by atoms with Gasteiger partial charge in [-0.3, -0.25) is 9.59 Å². The molecule has 1 fully saturated rings. The molecule has 1 aliphatic rings. The number of amides is 1. The van der Waals surface area contributed by atoms with Crippen LogP contribution in [0.5, 0.6) is 0 Å². The molecule has 0 saturated heterocycles. The molecule has 2 atom stereocenters. The van der Waals surface area contributed by atoms with Crippen molar-refractivity contribution in [2.24, 2.45) is 5.92 Å². The molecule has 2 N–H and O–H groups in total. The van der Waals surface area contributed by atoms with Gasteiger partial charge in [-0.15, -0.1) is 0 Å². The summed E-state index contributed by atoms with van der Waals surface area (Å²) in [6.45, 7) is 1.93. The van der Waals surface area contributed by atoms with Gasteiger partial charge in [0.2, 0.25) is 0 Å². The zero-order valence-electron chi connectivity index (χ0n) is 14.3. The average Bonchev–Trinajstić information content (AvgIpc) is 3.01. The summed E-state index contributed by atoms with van der Waals surface area (Å²) in [5, 5.41) is 16.6. The summed E-state index contributed by atoms with van der Waals surface area (Å²) in [4.78, 5) is 24.1. The number of rotatable bonds is 4. The molecule has 132 valence electrons. The molecule has 1 saturated carbocycles. The van der Waals surface area contributed by atoms with Crippen LogP contribution in [0.3, 0.4) is 0 Å². The molecule has 0 radical (unpaired) electrons. The molecule has 1 amide bonds. The summed E-state index contributed by atoms with van der Waals surface area (Å²) in [5.41, 5.74) is 2.40. The number of benzene rings is 1.